The van der Waals surface area contributed by atoms with Gasteiger partial charge in [-0.1, -0.05) is 30.2 Å². The molecule has 2 saturated heterocycles. The van der Waals surface area contributed by atoms with Crippen LogP contribution in [0, 0.1) is 0 Å². The summed E-state index contributed by atoms with van der Waals surface area (Å²) in [6, 6.07) is 0.464. The van der Waals surface area contributed by atoms with Gasteiger partial charge < -0.3 is 19.3 Å². The number of hydrogen-bond donors (Lipinski definition) is 1. The number of nitrogens with zero attached hydrogens (tertiary/aromatic N) is 2. The van der Waals surface area contributed by atoms with Crippen molar-refractivity contribution in [3.05, 3.63) is 64.6 Å². The van der Waals surface area contributed by atoms with Crippen molar-refractivity contribution in [2.75, 3.05) is 19.8 Å². The van der Waals surface area contributed by atoms with Crippen molar-refractivity contribution in [3.63, 3.8) is 0 Å². The van der Waals surface area contributed by atoms with Crippen LogP contribution in [0.5, 0.6) is 5.75 Å². The van der Waals surface area contributed by atoms with Crippen molar-refractivity contribution < 1.29 is 38.2 Å². The van der Waals surface area contributed by atoms with Crippen molar-refractivity contribution in [2.24, 2.45) is 0 Å². The first-order valence-electron chi connectivity index (χ1n) is 14.3. The number of piperidine rings is 1. The van der Waals surface area contributed by atoms with E-state index >= 15 is 0 Å². The third kappa shape index (κ3) is 4.38. The number of benzene rings is 2. The van der Waals surface area contributed by atoms with Crippen LogP contribution in [0.1, 0.15) is 49.5 Å². The molecule has 9 heteroatoms. The van der Waals surface area contributed by atoms with Crippen LogP contribution in [-0.2, 0) is 38.7 Å². The molecule has 4 amide bonds. The second-order valence-electron chi connectivity index (χ2n) is 7.94. The van der Waals surface area contributed by atoms with Crippen LogP contribution in [0.4, 0.5) is 0 Å². The summed E-state index contributed by atoms with van der Waals surface area (Å²) in [5, 5.41) is 2.21. The molecule has 2 fully saturated rings. The van der Waals surface area contributed by atoms with E-state index in [0.717, 1.165) is 4.90 Å². The average Bonchev–Trinajstić information content (AvgIpc) is 3.24. The Morgan fingerprint density at radius 1 is 1.15 bits per heavy atom. The lowest BCUT2D eigenvalue weighted by molar-refractivity contribution is -0.143. The highest BCUT2D eigenvalue weighted by molar-refractivity contribution is 6.05. The average molecular weight is 471 g/mol. The molecule has 2 atom stereocenters. The van der Waals surface area contributed by atoms with E-state index in [9.17, 15) is 19.2 Å². The van der Waals surface area contributed by atoms with Crippen molar-refractivity contribution >= 4 is 23.6 Å². The molecule has 9 nitrogen and oxygen atoms in total. The fourth-order valence-electron chi connectivity index (χ4n) is 4.02. The van der Waals surface area contributed by atoms with Gasteiger partial charge in [0, 0.05) is 30.6 Å². The topological polar surface area (TPSA) is 105 Å². The summed E-state index contributed by atoms with van der Waals surface area (Å²) >= 11 is 0. The third-order valence-electron chi connectivity index (χ3n) is 5.75. The van der Waals surface area contributed by atoms with Crippen LogP contribution >= 0.6 is 0 Å². The molecule has 3 aliphatic heterocycles. The van der Waals surface area contributed by atoms with Gasteiger partial charge in [-0.2, -0.15) is 0 Å². The first-order valence-corrected chi connectivity index (χ1v) is 10.7. The molecule has 0 saturated carbocycles. The van der Waals surface area contributed by atoms with Crippen LogP contribution < -0.4 is 10.1 Å². The maximum atomic E-state index is 13.1. The van der Waals surface area contributed by atoms with Crippen LogP contribution in [-0.4, -0.2) is 59.2 Å². The molecule has 1 N–H and O–H groups in total. The van der Waals surface area contributed by atoms with E-state index < -0.39 is 72.5 Å². The molecule has 34 heavy (non-hydrogen) atoms. The van der Waals surface area contributed by atoms with E-state index in [4.69, 9.17) is 19.1 Å². The number of carbonyl (C=O) groups is 4. The minimum atomic E-state index is -2.93. The number of fused-ring (bicyclic) bond motifs is 1. The first kappa shape index (κ1) is 15.2. The number of ether oxygens (including phenoxy) is 2. The van der Waals surface area contributed by atoms with E-state index in [1.807, 2.05) is 0 Å². The number of hydrogen-bond acceptors (Lipinski definition) is 6. The van der Waals surface area contributed by atoms with Crippen LogP contribution in [0.25, 0.3) is 0 Å². The summed E-state index contributed by atoms with van der Waals surface area (Å²) < 4.78 is 70.3. The number of morpholine rings is 1. The number of amides is 4. The van der Waals surface area contributed by atoms with Gasteiger partial charge in [0.2, 0.25) is 17.7 Å². The number of carbonyl (C=O) groups excluding carboxylic acids is 4. The molecule has 0 spiro atoms. The van der Waals surface area contributed by atoms with Crippen molar-refractivity contribution in [1.82, 2.24) is 15.1 Å². The Morgan fingerprint density at radius 3 is 2.71 bits per heavy atom. The highest BCUT2D eigenvalue weighted by atomic mass is 16.5. The zero-order valence-electron chi connectivity index (χ0n) is 25.0. The Bertz CT molecular complexity index is 1460. The largest absolute Gasteiger partial charge is 0.489 e. The lowest BCUT2D eigenvalue weighted by Crippen LogP contribution is -2.52. The standard InChI is InChI=1S/C25H25N3O6/c29-22-9-8-20(24(31)26-22)28-13-19-18(25(28)32)2-1-3-21(19)34-14-17-6-4-16(5-7-17)12-27-10-11-33-15-23(27)30/h1-7,20H,8-15H2,(H,26,29,31)/i4D,5D,6D,7D,12D,14D2. The number of imide groups is 1. The Labute approximate surface area is 206 Å². The Balaban J connectivity index is 1.47. The van der Waals surface area contributed by atoms with Crippen LogP contribution in [0.3, 0.4) is 0 Å². The fraction of sp³-hybridized carbons (Fsp3) is 0.360. The van der Waals surface area contributed by atoms with Gasteiger partial charge in [0.05, 0.1) is 22.7 Å². The number of rotatable bonds is 6. The molecule has 5 rings (SSSR count). The molecular formula is C25H25N3O6. The van der Waals surface area contributed by atoms with E-state index in [2.05, 4.69) is 5.32 Å². The predicted octanol–water partition coefficient (Wildman–Crippen LogP) is 1.39. The van der Waals surface area contributed by atoms with Gasteiger partial charge in [-0.3, -0.25) is 24.5 Å². The summed E-state index contributed by atoms with van der Waals surface area (Å²) in [4.78, 5) is 51.6. The zero-order chi connectivity index (χ0) is 29.8. The molecule has 2 unspecified atom stereocenters. The van der Waals surface area contributed by atoms with Crippen LogP contribution in [0.2, 0.25) is 0 Å². The molecule has 0 aromatic heterocycles. The van der Waals surface area contributed by atoms with Gasteiger partial charge in [0.15, 0.2) is 0 Å². The van der Waals surface area contributed by atoms with E-state index in [1.165, 1.54) is 23.1 Å². The number of nitrogens with one attached hydrogen (secondary N) is 1. The normalized spacial score (nSPS) is 24.7. The summed E-state index contributed by atoms with van der Waals surface area (Å²) in [6.07, 6.45) is 0.185. The summed E-state index contributed by atoms with van der Waals surface area (Å²) in [5.41, 5.74) is -0.693. The van der Waals surface area contributed by atoms with Gasteiger partial charge in [-0.25, -0.2) is 0 Å². The SMILES string of the molecule is [2H]c1c([2H])c(C([2H])([2H])Oc2cccc3c2CN(C2CCC(=O)NC2=O)C3=O)c([2H])c([2H])c1C([2H])N1CCOCC1=O. The smallest absolute Gasteiger partial charge is 0.255 e. The molecule has 3 aliphatic rings. The highest BCUT2D eigenvalue weighted by Crippen LogP contribution is 2.34. The highest BCUT2D eigenvalue weighted by Gasteiger charge is 2.40. The molecule has 2 aromatic rings. The van der Waals surface area contributed by atoms with Crippen molar-refractivity contribution in [2.45, 2.75) is 38.5 Å². The minimum Gasteiger partial charge on any atom is -0.489 e. The summed E-state index contributed by atoms with van der Waals surface area (Å²) in [6.45, 7) is -4.73. The van der Waals surface area contributed by atoms with Gasteiger partial charge in [-0.15, -0.1) is 0 Å². The van der Waals surface area contributed by atoms with Crippen molar-refractivity contribution in [3.8, 4) is 5.75 Å². The molecule has 0 aliphatic carbocycles. The lowest BCUT2D eigenvalue weighted by Gasteiger charge is -2.29. The molecular weight excluding hydrogens is 438 g/mol. The van der Waals surface area contributed by atoms with Gasteiger partial charge in [0.1, 0.15) is 25.0 Å². The Hall–Kier alpha value is -3.72. The molecule has 3 heterocycles. The van der Waals surface area contributed by atoms with E-state index in [1.54, 1.807) is 0 Å². The van der Waals surface area contributed by atoms with E-state index in [0.29, 0.717) is 0 Å². The monoisotopic (exact) mass is 470 g/mol. The maximum Gasteiger partial charge on any atom is 0.255 e. The summed E-state index contributed by atoms with van der Waals surface area (Å²) in [5.74, 6) is -2.21. The fourth-order valence-corrected chi connectivity index (χ4v) is 4.02. The lowest BCUT2D eigenvalue weighted by atomic mass is 10.0. The van der Waals surface area contributed by atoms with Crippen molar-refractivity contribution in [1.29, 1.82) is 0 Å². The quantitative estimate of drug-likeness (QED) is 0.640. The predicted molar refractivity (Wildman–Crippen MR) is 119 cm³/mol. The first-order chi connectivity index (χ1) is 19.3. The van der Waals surface area contributed by atoms with Gasteiger partial charge in [0.25, 0.3) is 5.91 Å². The van der Waals surface area contributed by atoms with Crippen LogP contribution in [0.15, 0.2) is 42.4 Å². The van der Waals surface area contributed by atoms with Gasteiger partial charge in [-0.05, 0) is 29.7 Å². The van der Waals surface area contributed by atoms with E-state index in [-0.39, 0.29) is 61.6 Å². The molecule has 2 aromatic carbocycles. The third-order valence-corrected chi connectivity index (χ3v) is 5.75. The maximum absolute atomic E-state index is 13.1. The second kappa shape index (κ2) is 9.26. The Kier molecular flexibility index (Phi) is 4.15. The minimum absolute atomic E-state index is 0.0198. The van der Waals surface area contributed by atoms with Gasteiger partial charge >= 0.3 is 0 Å². The molecule has 0 radical (unpaired) electrons. The second-order valence-corrected chi connectivity index (χ2v) is 7.94. The zero-order valence-corrected chi connectivity index (χ0v) is 18.0. The summed E-state index contributed by atoms with van der Waals surface area (Å²) in [7, 11) is 0. The molecule has 176 valence electrons. The molecule has 0 bridgehead atoms. The Morgan fingerprint density at radius 2 is 1.94 bits per heavy atom.